The van der Waals surface area contributed by atoms with Crippen LogP contribution in [0.1, 0.15) is 16.1 Å². The van der Waals surface area contributed by atoms with Crippen molar-refractivity contribution in [2.45, 2.75) is 6.54 Å². The van der Waals surface area contributed by atoms with Crippen molar-refractivity contribution in [2.75, 3.05) is 7.11 Å². The van der Waals surface area contributed by atoms with Gasteiger partial charge in [0.15, 0.2) is 0 Å². The van der Waals surface area contributed by atoms with Crippen LogP contribution >= 0.6 is 15.9 Å². The molecule has 0 aliphatic rings. The number of rotatable bonds is 4. The van der Waals surface area contributed by atoms with Gasteiger partial charge in [0.25, 0.3) is 5.91 Å². The molecule has 1 heterocycles. The van der Waals surface area contributed by atoms with Gasteiger partial charge in [-0.05, 0) is 40.2 Å². The summed E-state index contributed by atoms with van der Waals surface area (Å²) >= 11 is 3.35. The van der Waals surface area contributed by atoms with Gasteiger partial charge in [0.05, 0.1) is 23.8 Å². The van der Waals surface area contributed by atoms with E-state index in [9.17, 15) is 4.79 Å². The number of nitrogens with zero attached hydrogens (tertiary/aromatic N) is 2. The smallest absolute Gasteiger partial charge is 0.251 e. The van der Waals surface area contributed by atoms with Crippen molar-refractivity contribution in [1.29, 1.82) is 0 Å². The normalized spacial score (nSPS) is 10.3. The molecule has 100 valence electrons. The number of carbonyl (C=O) groups excluding carboxylic acids is 1. The number of aryl methyl sites for hydroxylation is 1. The fourth-order valence-electron chi connectivity index (χ4n) is 1.64. The lowest BCUT2D eigenvalue weighted by Gasteiger charge is -2.06. The lowest BCUT2D eigenvalue weighted by molar-refractivity contribution is 0.0950. The molecule has 0 spiro atoms. The van der Waals surface area contributed by atoms with E-state index in [1.165, 1.54) is 0 Å². The van der Waals surface area contributed by atoms with E-state index >= 15 is 0 Å². The first-order valence-electron chi connectivity index (χ1n) is 5.70. The highest BCUT2D eigenvalue weighted by atomic mass is 79.9. The Kier molecular flexibility index (Phi) is 4.21. The molecular formula is C13H14BrN3O2. The number of ether oxygens (including phenoxy) is 1. The first-order chi connectivity index (χ1) is 9.10. The summed E-state index contributed by atoms with van der Waals surface area (Å²) < 4.78 is 7.57. The Hall–Kier alpha value is -1.82. The van der Waals surface area contributed by atoms with Gasteiger partial charge in [-0.25, -0.2) is 0 Å². The zero-order valence-corrected chi connectivity index (χ0v) is 12.3. The van der Waals surface area contributed by atoms with Gasteiger partial charge in [0, 0.05) is 18.8 Å². The fourth-order valence-corrected chi connectivity index (χ4v) is 2.18. The zero-order chi connectivity index (χ0) is 13.8. The third kappa shape index (κ3) is 3.35. The number of methoxy groups -OCH3 is 1. The maximum atomic E-state index is 12.0. The van der Waals surface area contributed by atoms with Crippen LogP contribution in [0.25, 0.3) is 0 Å². The summed E-state index contributed by atoms with van der Waals surface area (Å²) in [5.74, 6) is 0.551. The lowest BCUT2D eigenvalue weighted by Crippen LogP contribution is -2.23. The third-order valence-electron chi connectivity index (χ3n) is 2.61. The van der Waals surface area contributed by atoms with Crippen molar-refractivity contribution in [2.24, 2.45) is 7.05 Å². The maximum absolute atomic E-state index is 12.0. The minimum absolute atomic E-state index is 0.144. The maximum Gasteiger partial charge on any atom is 0.251 e. The van der Waals surface area contributed by atoms with Crippen LogP contribution in [0.2, 0.25) is 0 Å². The molecule has 2 aromatic rings. The molecule has 0 unspecified atom stereocenters. The number of amides is 1. The summed E-state index contributed by atoms with van der Waals surface area (Å²) in [6.45, 7) is 0.406. The molecule has 1 aromatic carbocycles. The Morgan fingerprint density at radius 2 is 2.26 bits per heavy atom. The molecule has 1 N–H and O–H groups in total. The first kappa shape index (κ1) is 13.6. The summed E-state index contributed by atoms with van der Waals surface area (Å²) in [7, 11) is 3.42. The molecule has 19 heavy (non-hydrogen) atoms. The van der Waals surface area contributed by atoms with Crippen molar-refractivity contribution in [1.82, 2.24) is 15.1 Å². The second-order valence-electron chi connectivity index (χ2n) is 4.01. The molecule has 0 atom stereocenters. The van der Waals surface area contributed by atoms with Crippen LogP contribution in [0.4, 0.5) is 0 Å². The van der Waals surface area contributed by atoms with Gasteiger partial charge >= 0.3 is 0 Å². The predicted molar refractivity (Wildman–Crippen MR) is 75.1 cm³/mol. The summed E-state index contributed by atoms with van der Waals surface area (Å²) in [6.07, 6.45) is 1.84. The summed E-state index contributed by atoms with van der Waals surface area (Å²) in [5, 5.41) is 7.01. The van der Waals surface area contributed by atoms with E-state index < -0.39 is 0 Å². The Morgan fingerprint density at radius 3 is 2.84 bits per heavy atom. The van der Waals surface area contributed by atoms with E-state index in [4.69, 9.17) is 4.74 Å². The number of hydrogen-bond acceptors (Lipinski definition) is 3. The predicted octanol–water partition coefficient (Wildman–Crippen LogP) is 2.12. The van der Waals surface area contributed by atoms with Crippen molar-refractivity contribution >= 4 is 21.8 Å². The highest BCUT2D eigenvalue weighted by molar-refractivity contribution is 9.10. The lowest BCUT2D eigenvalue weighted by atomic mass is 10.2. The number of aromatic nitrogens is 2. The number of hydrogen-bond donors (Lipinski definition) is 1. The van der Waals surface area contributed by atoms with Crippen molar-refractivity contribution in [3.63, 3.8) is 0 Å². The summed E-state index contributed by atoms with van der Waals surface area (Å²) in [4.78, 5) is 12.0. The third-order valence-corrected chi connectivity index (χ3v) is 3.23. The Morgan fingerprint density at radius 1 is 1.47 bits per heavy atom. The molecule has 6 heteroatoms. The molecule has 1 aromatic heterocycles. The molecule has 0 fully saturated rings. The number of nitrogens with one attached hydrogen (secondary N) is 1. The van der Waals surface area contributed by atoms with Gasteiger partial charge in [-0.15, -0.1) is 0 Å². The molecule has 2 rings (SSSR count). The Bertz CT molecular complexity index is 595. The average molecular weight is 324 g/mol. The van der Waals surface area contributed by atoms with E-state index in [2.05, 4.69) is 26.3 Å². The van der Waals surface area contributed by atoms with Crippen LogP contribution in [0.3, 0.4) is 0 Å². The number of carbonyl (C=O) groups is 1. The van der Waals surface area contributed by atoms with E-state index in [0.717, 1.165) is 10.2 Å². The monoisotopic (exact) mass is 323 g/mol. The highest BCUT2D eigenvalue weighted by Crippen LogP contribution is 2.25. The van der Waals surface area contributed by atoms with Crippen molar-refractivity contribution in [3.05, 3.63) is 46.2 Å². The molecule has 1 amide bonds. The van der Waals surface area contributed by atoms with Crippen LogP contribution in [-0.4, -0.2) is 22.8 Å². The molecule has 0 bridgehead atoms. The average Bonchev–Trinajstić information content (AvgIpc) is 2.81. The van der Waals surface area contributed by atoms with Gasteiger partial charge in [-0.2, -0.15) is 5.10 Å². The van der Waals surface area contributed by atoms with Crippen LogP contribution in [0, 0.1) is 0 Å². The second kappa shape index (κ2) is 5.88. The van der Waals surface area contributed by atoms with Gasteiger partial charge in [-0.1, -0.05) is 0 Å². The SMILES string of the molecule is COc1ccc(C(=O)NCc2ccn(C)n2)cc1Br. The number of benzene rings is 1. The molecule has 0 aliphatic heterocycles. The quantitative estimate of drug-likeness (QED) is 0.937. The van der Waals surface area contributed by atoms with Gasteiger partial charge in [-0.3, -0.25) is 9.48 Å². The highest BCUT2D eigenvalue weighted by Gasteiger charge is 2.09. The molecular weight excluding hydrogens is 310 g/mol. The molecule has 0 aliphatic carbocycles. The van der Waals surface area contributed by atoms with Crippen LogP contribution in [0.5, 0.6) is 5.75 Å². The Labute approximate surface area is 119 Å². The summed E-state index contributed by atoms with van der Waals surface area (Å²) in [5.41, 5.74) is 1.40. The van der Waals surface area contributed by atoms with Crippen LogP contribution < -0.4 is 10.1 Å². The number of halogens is 1. The van der Waals surface area contributed by atoms with E-state index in [0.29, 0.717) is 17.9 Å². The van der Waals surface area contributed by atoms with Gasteiger partial charge in [0.2, 0.25) is 0 Å². The second-order valence-corrected chi connectivity index (χ2v) is 4.87. The molecule has 5 nitrogen and oxygen atoms in total. The van der Waals surface area contributed by atoms with E-state index in [1.807, 2.05) is 19.3 Å². The van der Waals surface area contributed by atoms with Crippen LogP contribution in [-0.2, 0) is 13.6 Å². The standard InChI is InChI=1S/C13H14BrN3O2/c1-17-6-5-10(16-17)8-15-13(18)9-3-4-12(19-2)11(14)7-9/h3-7H,8H2,1-2H3,(H,15,18). The van der Waals surface area contributed by atoms with Gasteiger partial charge < -0.3 is 10.1 Å². The first-order valence-corrected chi connectivity index (χ1v) is 6.49. The van der Waals surface area contributed by atoms with Crippen LogP contribution in [0.15, 0.2) is 34.9 Å². The van der Waals surface area contributed by atoms with Crippen molar-refractivity contribution < 1.29 is 9.53 Å². The Balaban J connectivity index is 2.01. The zero-order valence-electron chi connectivity index (χ0n) is 10.7. The minimum atomic E-state index is -0.144. The summed E-state index contributed by atoms with van der Waals surface area (Å²) in [6, 6.07) is 7.06. The van der Waals surface area contributed by atoms with Crippen molar-refractivity contribution in [3.8, 4) is 5.75 Å². The minimum Gasteiger partial charge on any atom is -0.496 e. The largest absolute Gasteiger partial charge is 0.496 e. The fraction of sp³-hybridized carbons (Fsp3) is 0.231. The molecule has 0 saturated carbocycles. The van der Waals surface area contributed by atoms with E-state index in [-0.39, 0.29) is 5.91 Å². The molecule has 0 radical (unpaired) electrons. The van der Waals surface area contributed by atoms with Gasteiger partial charge in [0.1, 0.15) is 5.75 Å². The van der Waals surface area contributed by atoms with E-state index in [1.54, 1.807) is 30.0 Å². The molecule has 0 saturated heterocycles. The topological polar surface area (TPSA) is 56.1 Å².